The number of hydrogen-bond acceptors (Lipinski definition) is 11. The fraction of sp³-hybridized carbons (Fsp3) is 0.781. The summed E-state index contributed by atoms with van der Waals surface area (Å²) >= 11 is 0. The molecular formula is C32H48O11S. The van der Waals surface area contributed by atoms with Gasteiger partial charge >= 0.3 is 5.97 Å². The molecule has 0 spiro atoms. The Bertz CT molecular complexity index is 1330. The number of benzene rings is 1. The van der Waals surface area contributed by atoms with Crippen molar-refractivity contribution in [1.29, 1.82) is 0 Å². The van der Waals surface area contributed by atoms with E-state index in [1.165, 1.54) is 19.2 Å². The third-order valence-corrected chi connectivity index (χ3v) is 15.0. The minimum Gasteiger partial charge on any atom is -0.469 e. The first kappa shape index (κ1) is 33.7. The van der Waals surface area contributed by atoms with Crippen LogP contribution in [0.2, 0.25) is 0 Å². The molecule has 1 aromatic rings. The molecule has 0 heterocycles. The Morgan fingerprint density at radius 3 is 2.27 bits per heavy atom. The maximum absolute atomic E-state index is 13.9. The lowest BCUT2D eigenvalue weighted by Gasteiger charge is -2.67. The molecule has 0 saturated heterocycles. The molecule has 5 rings (SSSR count). The Balaban J connectivity index is 1.52. The quantitative estimate of drug-likeness (QED) is 0.120. The zero-order valence-electron chi connectivity index (χ0n) is 26.2. The van der Waals surface area contributed by atoms with Crippen LogP contribution in [0, 0.1) is 53.3 Å². The fourth-order valence-corrected chi connectivity index (χ4v) is 12.1. The molecule has 44 heavy (non-hydrogen) atoms. The summed E-state index contributed by atoms with van der Waals surface area (Å²) < 4.78 is 32.6. The minimum absolute atomic E-state index is 0.0725. The van der Waals surface area contributed by atoms with E-state index in [9.17, 15) is 39.0 Å². The molecule has 11 atom stereocenters. The second-order valence-electron chi connectivity index (χ2n) is 14.5. The predicted molar refractivity (Wildman–Crippen MR) is 157 cm³/mol. The summed E-state index contributed by atoms with van der Waals surface area (Å²) in [5.74, 6) is -4.32. The molecule has 0 bridgehead atoms. The van der Waals surface area contributed by atoms with Crippen molar-refractivity contribution in [1.82, 2.24) is 0 Å². The number of methoxy groups -OCH3 is 1. The van der Waals surface area contributed by atoms with Crippen LogP contribution in [0.15, 0.2) is 29.2 Å². The molecule has 248 valence electrons. The number of esters is 1. The molecule has 4 aliphatic rings. The van der Waals surface area contributed by atoms with E-state index in [0.717, 1.165) is 18.4 Å². The van der Waals surface area contributed by atoms with Gasteiger partial charge in [0.15, 0.2) is 4.93 Å². The van der Waals surface area contributed by atoms with Crippen LogP contribution in [0.25, 0.3) is 0 Å². The number of carbonyl (C=O) groups excluding carboxylic acids is 1. The largest absolute Gasteiger partial charge is 0.469 e. The van der Waals surface area contributed by atoms with E-state index in [1.54, 1.807) is 26.0 Å². The van der Waals surface area contributed by atoms with Crippen LogP contribution in [-0.4, -0.2) is 70.3 Å². The number of hydrogen-bond donors (Lipinski definition) is 5. The van der Waals surface area contributed by atoms with E-state index < -0.39 is 61.9 Å². The zero-order valence-corrected chi connectivity index (χ0v) is 27.0. The predicted octanol–water partition coefficient (Wildman–Crippen LogP) is 3.93. The lowest BCUT2D eigenvalue weighted by Crippen LogP contribution is -2.72. The first-order valence-electron chi connectivity index (χ1n) is 15.7. The lowest BCUT2D eigenvalue weighted by molar-refractivity contribution is -0.539. The average molecular weight is 641 g/mol. The van der Waals surface area contributed by atoms with Gasteiger partial charge in [0.2, 0.25) is 15.6 Å². The number of fused-ring (bicyclic) bond motifs is 5. The maximum atomic E-state index is 13.9. The van der Waals surface area contributed by atoms with Gasteiger partial charge in [0.1, 0.15) is 0 Å². The topological polar surface area (TPSA) is 180 Å². The summed E-state index contributed by atoms with van der Waals surface area (Å²) in [6.07, 6.45) is -0.171. The molecule has 0 amide bonds. The molecule has 0 aliphatic heterocycles. The van der Waals surface area contributed by atoms with Gasteiger partial charge in [0.25, 0.3) is 0 Å². The standard InChI is InChI=1S/C32H48O11S/c1-18-6-9-21(10-7-18)44(39,40)31(36)16-20-14-25(33)28-23-12-11-22(19(2)8-13-27(35)41-5)29(23,3)26(34)15-24(28)30(20,4)32(17-31,42-37)43-38/h6-7,9-10,19-20,22-26,28,33-34,36-38H,8,11-17H2,1-5H3. The second kappa shape index (κ2) is 11.6. The van der Waals surface area contributed by atoms with Crippen LogP contribution in [-0.2, 0) is 29.1 Å². The van der Waals surface area contributed by atoms with Crippen LogP contribution in [0.1, 0.15) is 77.7 Å². The Labute approximate surface area is 259 Å². The van der Waals surface area contributed by atoms with E-state index >= 15 is 0 Å². The number of aryl methyl sites for hydroxylation is 1. The molecule has 11 unspecified atom stereocenters. The van der Waals surface area contributed by atoms with Gasteiger partial charge in [-0.15, -0.1) is 0 Å². The molecular weight excluding hydrogens is 592 g/mol. The molecule has 11 nitrogen and oxygen atoms in total. The maximum Gasteiger partial charge on any atom is 0.305 e. The van der Waals surface area contributed by atoms with Gasteiger partial charge in [-0.1, -0.05) is 38.5 Å². The highest BCUT2D eigenvalue weighted by Crippen LogP contribution is 2.71. The fourth-order valence-electron chi connectivity index (χ4n) is 10.3. The van der Waals surface area contributed by atoms with Gasteiger partial charge in [-0.3, -0.25) is 4.79 Å². The number of aliphatic hydroxyl groups excluding tert-OH is 2. The summed E-state index contributed by atoms with van der Waals surface area (Å²) in [6, 6.07) is 6.01. The van der Waals surface area contributed by atoms with Crippen LogP contribution >= 0.6 is 0 Å². The summed E-state index contributed by atoms with van der Waals surface area (Å²) in [4.78, 5) is 19.1. The van der Waals surface area contributed by atoms with E-state index in [4.69, 9.17) is 14.5 Å². The van der Waals surface area contributed by atoms with Crippen molar-refractivity contribution in [2.45, 2.75) is 107 Å². The molecule has 12 heteroatoms. The number of aliphatic hydroxyl groups is 3. The van der Waals surface area contributed by atoms with Gasteiger partial charge < -0.3 is 20.1 Å². The van der Waals surface area contributed by atoms with Crippen molar-refractivity contribution in [2.24, 2.45) is 46.3 Å². The highest BCUT2D eigenvalue weighted by Gasteiger charge is 2.75. The molecule has 0 radical (unpaired) electrons. The molecule has 0 aromatic heterocycles. The smallest absolute Gasteiger partial charge is 0.305 e. The third-order valence-electron chi connectivity index (χ3n) is 12.8. The van der Waals surface area contributed by atoms with Crippen molar-refractivity contribution >= 4 is 15.8 Å². The number of rotatable bonds is 8. The van der Waals surface area contributed by atoms with Crippen molar-refractivity contribution in [3.8, 4) is 0 Å². The number of sulfone groups is 1. The van der Waals surface area contributed by atoms with E-state index in [1.807, 2.05) is 0 Å². The first-order valence-corrected chi connectivity index (χ1v) is 17.2. The molecule has 5 N–H and O–H groups in total. The van der Waals surface area contributed by atoms with Gasteiger partial charge in [-0.05, 0) is 98.5 Å². The van der Waals surface area contributed by atoms with Gasteiger partial charge in [-0.25, -0.2) is 18.9 Å². The monoisotopic (exact) mass is 640 g/mol. The summed E-state index contributed by atoms with van der Waals surface area (Å²) in [5, 5.41) is 56.4. The van der Waals surface area contributed by atoms with Crippen LogP contribution in [0.5, 0.6) is 0 Å². The van der Waals surface area contributed by atoms with Gasteiger partial charge in [0, 0.05) is 11.8 Å². The average Bonchev–Trinajstić information content (AvgIpc) is 3.35. The van der Waals surface area contributed by atoms with Crippen LogP contribution in [0.3, 0.4) is 0 Å². The van der Waals surface area contributed by atoms with Gasteiger partial charge in [-0.2, -0.15) is 9.78 Å². The van der Waals surface area contributed by atoms with Crippen molar-refractivity contribution in [3.63, 3.8) is 0 Å². The third kappa shape index (κ3) is 4.70. The lowest BCUT2D eigenvalue weighted by atomic mass is 9.41. The van der Waals surface area contributed by atoms with Gasteiger partial charge in [0.05, 0.1) is 30.6 Å². The first-order chi connectivity index (χ1) is 20.6. The minimum atomic E-state index is -4.45. The SMILES string of the molecule is COC(=O)CCC(C)C1CCC2C3C(O)CC4CC(O)(S(=O)(=O)c5ccc(C)cc5)CC(OO)(OO)C4(C)C3CC(O)C12C. The van der Waals surface area contributed by atoms with Crippen LogP contribution < -0.4 is 0 Å². The second-order valence-corrected chi connectivity index (χ2v) is 16.8. The molecule has 4 saturated carbocycles. The van der Waals surface area contributed by atoms with E-state index in [2.05, 4.69) is 13.8 Å². The Morgan fingerprint density at radius 1 is 1.05 bits per heavy atom. The summed E-state index contributed by atoms with van der Waals surface area (Å²) in [6.45, 7) is 7.67. The number of ether oxygens (including phenoxy) is 1. The summed E-state index contributed by atoms with van der Waals surface area (Å²) in [7, 11) is -3.09. The number of carbonyl (C=O) groups is 1. The van der Waals surface area contributed by atoms with E-state index in [-0.39, 0.29) is 60.2 Å². The van der Waals surface area contributed by atoms with Crippen LogP contribution in [0.4, 0.5) is 0 Å². The highest BCUT2D eigenvalue weighted by molar-refractivity contribution is 7.92. The molecule has 1 aromatic carbocycles. The van der Waals surface area contributed by atoms with Crippen molar-refractivity contribution < 1.29 is 53.6 Å². The Morgan fingerprint density at radius 2 is 1.68 bits per heavy atom. The van der Waals surface area contributed by atoms with Crippen molar-refractivity contribution in [3.05, 3.63) is 29.8 Å². The summed E-state index contributed by atoms with van der Waals surface area (Å²) in [5.41, 5.74) is -1.05. The molecule has 4 fully saturated rings. The zero-order chi connectivity index (χ0) is 32.5. The Kier molecular flexibility index (Phi) is 8.85. The highest BCUT2D eigenvalue weighted by atomic mass is 32.2. The normalized spacial score (nSPS) is 42.1. The van der Waals surface area contributed by atoms with E-state index in [0.29, 0.717) is 6.42 Å². The Hall–Kier alpha value is -1.64. The van der Waals surface area contributed by atoms with Crippen molar-refractivity contribution in [2.75, 3.05) is 7.11 Å². The molecule has 4 aliphatic carbocycles.